The lowest BCUT2D eigenvalue weighted by molar-refractivity contribution is -0.137. The van der Waals surface area contributed by atoms with Crippen LogP contribution in [0.3, 0.4) is 0 Å². The molecule has 0 aliphatic carbocycles. The van der Waals surface area contributed by atoms with Crippen LogP contribution in [0.1, 0.15) is 18.9 Å². The molecule has 0 aliphatic rings. The molecule has 1 atom stereocenters. The molecule has 0 aromatic heterocycles. The highest BCUT2D eigenvalue weighted by Crippen LogP contribution is 2.32. The zero-order valence-corrected chi connectivity index (χ0v) is 19.2. The minimum atomic E-state index is -4.42. The number of ether oxygens (including phenoxy) is 3. The Bertz CT molecular complexity index is 848. The summed E-state index contributed by atoms with van der Waals surface area (Å²) in [6.07, 6.45) is -4.31. The summed E-state index contributed by atoms with van der Waals surface area (Å²) in [6, 6.07) is 9.93. The first-order chi connectivity index (χ1) is 13.8. The van der Waals surface area contributed by atoms with Gasteiger partial charge in [0.05, 0.1) is 26.3 Å². The van der Waals surface area contributed by atoms with Crippen LogP contribution >= 0.6 is 24.0 Å². The Labute approximate surface area is 190 Å². The summed E-state index contributed by atoms with van der Waals surface area (Å²) in [4.78, 5) is 4.22. The van der Waals surface area contributed by atoms with Crippen molar-refractivity contribution in [2.45, 2.75) is 25.6 Å². The molecule has 0 saturated carbocycles. The lowest BCUT2D eigenvalue weighted by Gasteiger charge is -2.17. The summed E-state index contributed by atoms with van der Waals surface area (Å²) >= 11 is 0. The second-order valence-electron chi connectivity index (χ2n) is 6.09. The van der Waals surface area contributed by atoms with Gasteiger partial charge in [0.2, 0.25) is 0 Å². The number of alkyl halides is 3. The van der Waals surface area contributed by atoms with E-state index in [-0.39, 0.29) is 42.2 Å². The number of benzene rings is 2. The van der Waals surface area contributed by atoms with Crippen molar-refractivity contribution in [1.82, 2.24) is 0 Å². The van der Waals surface area contributed by atoms with Crippen molar-refractivity contribution >= 4 is 35.6 Å². The van der Waals surface area contributed by atoms with Gasteiger partial charge in [-0.3, -0.25) is 0 Å². The van der Waals surface area contributed by atoms with E-state index >= 15 is 0 Å². The zero-order valence-electron chi connectivity index (χ0n) is 16.8. The minimum absolute atomic E-state index is 0. The van der Waals surface area contributed by atoms with E-state index in [9.17, 15) is 13.2 Å². The van der Waals surface area contributed by atoms with Gasteiger partial charge >= 0.3 is 6.18 Å². The first-order valence-electron chi connectivity index (χ1n) is 8.89. The van der Waals surface area contributed by atoms with Crippen LogP contribution in [0.4, 0.5) is 18.9 Å². The van der Waals surface area contributed by atoms with E-state index in [1.807, 2.05) is 6.92 Å². The molecule has 0 aliphatic heterocycles. The molecule has 0 heterocycles. The number of halogens is 4. The summed E-state index contributed by atoms with van der Waals surface area (Å²) < 4.78 is 54.5. The third-order valence-electron chi connectivity index (χ3n) is 4.04. The Kier molecular flexibility index (Phi) is 10.0. The van der Waals surface area contributed by atoms with Crippen molar-refractivity contribution in [2.24, 2.45) is 10.7 Å². The fraction of sp³-hybridized carbons (Fsp3) is 0.350. The zero-order chi connectivity index (χ0) is 21.4. The average Bonchev–Trinajstić information content (AvgIpc) is 2.70. The van der Waals surface area contributed by atoms with Crippen LogP contribution < -0.4 is 25.3 Å². The molecule has 0 radical (unpaired) electrons. The molecule has 2 rings (SSSR count). The molecule has 0 amide bonds. The quantitative estimate of drug-likeness (QED) is 0.283. The molecule has 30 heavy (non-hydrogen) atoms. The highest BCUT2D eigenvalue weighted by molar-refractivity contribution is 14.0. The Morgan fingerprint density at radius 2 is 1.80 bits per heavy atom. The topological polar surface area (TPSA) is 78.1 Å². The lowest BCUT2D eigenvalue weighted by Crippen LogP contribution is -2.26. The van der Waals surface area contributed by atoms with Crippen molar-refractivity contribution < 1.29 is 27.4 Å². The number of anilines is 1. The Morgan fingerprint density at radius 1 is 1.10 bits per heavy atom. The molecule has 2 aromatic carbocycles. The molecule has 3 N–H and O–H groups in total. The molecular weight excluding hydrogens is 514 g/mol. The first-order valence-corrected chi connectivity index (χ1v) is 8.89. The SMILES string of the molecule is CCC(CN=C(N)Nc1ccc(OC)c(OC)c1)Oc1cccc(C(F)(F)F)c1.I. The lowest BCUT2D eigenvalue weighted by atomic mass is 10.2. The van der Waals surface area contributed by atoms with Gasteiger partial charge in [-0.2, -0.15) is 13.2 Å². The summed E-state index contributed by atoms with van der Waals surface area (Å²) in [5.74, 6) is 1.38. The number of rotatable bonds is 8. The number of hydrogen-bond donors (Lipinski definition) is 2. The van der Waals surface area contributed by atoms with Gasteiger partial charge in [0.1, 0.15) is 11.9 Å². The molecule has 10 heteroatoms. The van der Waals surface area contributed by atoms with E-state index in [0.717, 1.165) is 12.1 Å². The predicted molar refractivity (Wildman–Crippen MR) is 121 cm³/mol. The Balaban J connectivity index is 0.00000450. The Hall–Kier alpha value is -2.37. The van der Waals surface area contributed by atoms with Gasteiger partial charge in [-0.15, -0.1) is 24.0 Å². The van der Waals surface area contributed by atoms with Gasteiger partial charge in [-0.1, -0.05) is 13.0 Å². The van der Waals surface area contributed by atoms with E-state index in [1.165, 1.54) is 26.4 Å². The maximum Gasteiger partial charge on any atom is 0.416 e. The molecule has 2 aromatic rings. The molecular formula is C20H25F3IN3O3. The van der Waals surface area contributed by atoms with Crippen LogP contribution in [0.5, 0.6) is 17.2 Å². The molecule has 0 bridgehead atoms. The number of methoxy groups -OCH3 is 2. The summed E-state index contributed by atoms with van der Waals surface area (Å²) in [7, 11) is 3.06. The van der Waals surface area contributed by atoms with Crippen LogP contribution in [0.2, 0.25) is 0 Å². The smallest absolute Gasteiger partial charge is 0.416 e. The number of hydrogen-bond acceptors (Lipinski definition) is 4. The summed E-state index contributed by atoms with van der Waals surface area (Å²) in [5.41, 5.74) is 5.80. The van der Waals surface area contributed by atoms with Crippen molar-refractivity contribution in [3.05, 3.63) is 48.0 Å². The van der Waals surface area contributed by atoms with Crippen LogP contribution in [-0.2, 0) is 6.18 Å². The van der Waals surface area contributed by atoms with E-state index in [0.29, 0.717) is 23.6 Å². The Morgan fingerprint density at radius 3 is 2.40 bits per heavy atom. The molecule has 166 valence electrons. The molecule has 0 fully saturated rings. The number of nitrogens with two attached hydrogens (primary N) is 1. The highest BCUT2D eigenvalue weighted by Gasteiger charge is 2.30. The van der Waals surface area contributed by atoms with E-state index in [2.05, 4.69) is 10.3 Å². The van der Waals surface area contributed by atoms with Gasteiger partial charge in [-0.25, -0.2) is 4.99 Å². The number of nitrogens with one attached hydrogen (secondary N) is 1. The van der Waals surface area contributed by atoms with Gasteiger partial charge < -0.3 is 25.3 Å². The van der Waals surface area contributed by atoms with Crippen LogP contribution in [0, 0.1) is 0 Å². The monoisotopic (exact) mass is 539 g/mol. The van der Waals surface area contributed by atoms with Crippen molar-refractivity contribution in [2.75, 3.05) is 26.1 Å². The van der Waals surface area contributed by atoms with Crippen molar-refractivity contribution in [1.29, 1.82) is 0 Å². The number of guanidine groups is 1. The molecule has 0 saturated heterocycles. The van der Waals surface area contributed by atoms with E-state index in [1.54, 1.807) is 18.2 Å². The normalized spacial score (nSPS) is 12.5. The highest BCUT2D eigenvalue weighted by atomic mass is 127. The van der Waals surface area contributed by atoms with E-state index in [4.69, 9.17) is 19.9 Å². The largest absolute Gasteiger partial charge is 0.493 e. The van der Waals surface area contributed by atoms with Gasteiger partial charge in [0.15, 0.2) is 17.5 Å². The average molecular weight is 539 g/mol. The molecule has 6 nitrogen and oxygen atoms in total. The fourth-order valence-corrected chi connectivity index (χ4v) is 2.49. The van der Waals surface area contributed by atoms with Gasteiger partial charge in [0, 0.05) is 11.8 Å². The van der Waals surface area contributed by atoms with Gasteiger partial charge in [-0.05, 0) is 36.8 Å². The van der Waals surface area contributed by atoms with Crippen LogP contribution in [-0.4, -0.2) is 32.8 Å². The summed E-state index contributed by atoms with van der Waals surface area (Å²) in [5, 5.41) is 2.93. The van der Waals surface area contributed by atoms with Crippen LogP contribution in [0.15, 0.2) is 47.5 Å². The fourth-order valence-electron chi connectivity index (χ4n) is 2.49. The second-order valence-corrected chi connectivity index (χ2v) is 6.09. The number of nitrogens with zero attached hydrogens (tertiary/aromatic N) is 1. The third-order valence-corrected chi connectivity index (χ3v) is 4.04. The summed E-state index contributed by atoms with van der Waals surface area (Å²) in [6.45, 7) is 2.03. The third kappa shape index (κ3) is 7.47. The first kappa shape index (κ1) is 25.7. The maximum absolute atomic E-state index is 12.8. The second kappa shape index (κ2) is 11.7. The number of aliphatic imine (C=N–C) groups is 1. The molecule has 0 spiro atoms. The standard InChI is InChI=1S/C20H24F3N3O3.HI/c1-4-15(29-16-7-5-6-13(10-16)20(21,22)23)12-25-19(24)26-14-8-9-17(27-2)18(11-14)28-3;/h5-11,15H,4,12H2,1-3H3,(H3,24,25,26);1H. The molecule has 1 unspecified atom stereocenters. The predicted octanol–water partition coefficient (Wildman–Crippen LogP) is 4.92. The van der Waals surface area contributed by atoms with E-state index < -0.39 is 17.8 Å². The maximum atomic E-state index is 12.8. The van der Waals surface area contributed by atoms with Crippen molar-refractivity contribution in [3.8, 4) is 17.2 Å². The van der Waals surface area contributed by atoms with Crippen molar-refractivity contribution in [3.63, 3.8) is 0 Å². The minimum Gasteiger partial charge on any atom is -0.493 e. The van der Waals surface area contributed by atoms with Crippen LogP contribution in [0.25, 0.3) is 0 Å². The van der Waals surface area contributed by atoms with Gasteiger partial charge in [0.25, 0.3) is 0 Å².